The molecule has 1 N–H and O–H groups in total. The van der Waals surface area contributed by atoms with Gasteiger partial charge in [0.15, 0.2) is 0 Å². The van der Waals surface area contributed by atoms with Crippen LogP contribution in [-0.2, 0) is 0 Å². The van der Waals surface area contributed by atoms with Crippen molar-refractivity contribution >= 4 is 6.08 Å². The predicted molar refractivity (Wildman–Crippen MR) is 60.9 cm³/mol. The van der Waals surface area contributed by atoms with Crippen LogP contribution in [0.3, 0.4) is 0 Å². The van der Waals surface area contributed by atoms with Gasteiger partial charge in [0.05, 0.1) is 6.61 Å². The Balaban J connectivity index is 2.83. The molecule has 1 aromatic rings. The molecule has 0 fully saturated rings. The number of halogens is 1. The van der Waals surface area contributed by atoms with Crippen LogP contribution < -0.4 is 0 Å². The molecule has 1 rings (SSSR count). The summed E-state index contributed by atoms with van der Waals surface area (Å²) in [6.45, 7) is 3.87. The summed E-state index contributed by atoms with van der Waals surface area (Å²) in [5, 5.41) is 8.84. The topological polar surface area (TPSA) is 20.2 Å². The second kappa shape index (κ2) is 5.47. The van der Waals surface area contributed by atoms with Crippen LogP contribution in [0.4, 0.5) is 4.39 Å². The summed E-state index contributed by atoms with van der Waals surface area (Å²) < 4.78 is 12.6. The zero-order valence-electron chi connectivity index (χ0n) is 9.00. The van der Waals surface area contributed by atoms with Gasteiger partial charge in [-0.15, -0.1) is 0 Å². The molecule has 2 heteroatoms. The van der Waals surface area contributed by atoms with Crippen molar-refractivity contribution < 1.29 is 9.50 Å². The van der Waals surface area contributed by atoms with E-state index in [-0.39, 0.29) is 12.4 Å². The van der Waals surface area contributed by atoms with Crippen molar-refractivity contribution in [2.45, 2.75) is 13.8 Å². The molecule has 0 unspecified atom stereocenters. The van der Waals surface area contributed by atoms with E-state index in [0.717, 1.165) is 16.7 Å². The monoisotopic (exact) mass is 206 g/mol. The van der Waals surface area contributed by atoms with Crippen molar-refractivity contribution in [1.29, 1.82) is 0 Å². The minimum absolute atomic E-state index is 0.0641. The molecular weight excluding hydrogens is 191 g/mol. The van der Waals surface area contributed by atoms with E-state index in [2.05, 4.69) is 0 Å². The normalized spacial score (nSPS) is 13.1. The SMILES string of the molecule is CC(=C\c1ccc(F)cc1)/C=C(\C)CO. The molecule has 0 bridgehead atoms. The van der Waals surface area contributed by atoms with E-state index in [0.29, 0.717) is 0 Å². The summed E-state index contributed by atoms with van der Waals surface area (Å²) in [5.74, 6) is -0.230. The Morgan fingerprint density at radius 2 is 1.87 bits per heavy atom. The Morgan fingerprint density at radius 1 is 1.27 bits per heavy atom. The van der Waals surface area contributed by atoms with Gasteiger partial charge in [0.2, 0.25) is 0 Å². The third-order valence-electron chi connectivity index (χ3n) is 1.99. The van der Waals surface area contributed by atoms with Crippen LogP contribution in [0.5, 0.6) is 0 Å². The Hall–Kier alpha value is -1.41. The number of allylic oxidation sites excluding steroid dienone is 2. The molecule has 0 spiro atoms. The summed E-state index contributed by atoms with van der Waals surface area (Å²) in [6.07, 6.45) is 3.85. The first-order valence-corrected chi connectivity index (χ1v) is 4.83. The lowest BCUT2D eigenvalue weighted by Crippen LogP contribution is -1.84. The summed E-state index contributed by atoms with van der Waals surface area (Å²) in [4.78, 5) is 0. The van der Waals surface area contributed by atoms with Crippen molar-refractivity contribution in [3.8, 4) is 0 Å². The highest BCUT2D eigenvalue weighted by Gasteiger charge is 1.91. The highest BCUT2D eigenvalue weighted by molar-refractivity contribution is 5.55. The maximum absolute atomic E-state index is 12.6. The third-order valence-corrected chi connectivity index (χ3v) is 1.99. The van der Waals surface area contributed by atoms with Crippen LogP contribution in [0.25, 0.3) is 6.08 Å². The molecule has 0 saturated carbocycles. The van der Waals surface area contributed by atoms with Gasteiger partial charge in [0.1, 0.15) is 5.82 Å². The molecule has 0 atom stereocenters. The van der Waals surface area contributed by atoms with Gasteiger partial charge in [0.25, 0.3) is 0 Å². The van der Waals surface area contributed by atoms with Gasteiger partial charge in [-0.3, -0.25) is 0 Å². The van der Waals surface area contributed by atoms with E-state index >= 15 is 0 Å². The van der Waals surface area contributed by atoms with Crippen molar-refractivity contribution in [2.24, 2.45) is 0 Å². The maximum Gasteiger partial charge on any atom is 0.123 e. The van der Waals surface area contributed by atoms with Gasteiger partial charge in [-0.05, 0) is 37.1 Å². The molecule has 0 aliphatic heterocycles. The minimum atomic E-state index is -0.230. The van der Waals surface area contributed by atoms with E-state index in [4.69, 9.17) is 5.11 Å². The number of benzene rings is 1. The van der Waals surface area contributed by atoms with Crippen LogP contribution >= 0.6 is 0 Å². The van der Waals surface area contributed by atoms with Crippen LogP contribution in [0, 0.1) is 5.82 Å². The van der Waals surface area contributed by atoms with Crippen molar-refractivity contribution in [2.75, 3.05) is 6.61 Å². The van der Waals surface area contributed by atoms with Gasteiger partial charge in [-0.2, -0.15) is 0 Å². The van der Waals surface area contributed by atoms with Gasteiger partial charge < -0.3 is 5.11 Å². The van der Waals surface area contributed by atoms with Crippen molar-refractivity contribution in [3.05, 3.63) is 52.9 Å². The van der Waals surface area contributed by atoms with Gasteiger partial charge in [-0.1, -0.05) is 29.9 Å². The molecule has 0 saturated heterocycles. The molecule has 0 aliphatic rings. The Labute approximate surface area is 89.6 Å². The lowest BCUT2D eigenvalue weighted by Gasteiger charge is -1.98. The first-order valence-electron chi connectivity index (χ1n) is 4.83. The highest BCUT2D eigenvalue weighted by atomic mass is 19.1. The highest BCUT2D eigenvalue weighted by Crippen LogP contribution is 2.10. The number of hydrogen-bond acceptors (Lipinski definition) is 1. The second-order valence-electron chi connectivity index (χ2n) is 3.59. The standard InChI is InChI=1S/C13H15FO/c1-10(7-11(2)9-15)8-12-3-5-13(14)6-4-12/h3-8,15H,9H2,1-2H3/b10-8+,11-7+. The fourth-order valence-electron chi connectivity index (χ4n) is 1.30. The molecule has 0 radical (unpaired) electrons. The molecule has 0 amide bonds. The van der Waals surface area contributed by atoms with E-state index in [1.807, 2.05) is 26.0 Å². The molecular formula is C13H15FO. The number of aliphatic hydroxyl groups is 1. The number of hydrogen-bond donors (Lipinski definition) is 1. The second-order valence-corrected chi connectivity index (χ2v) is 3.59. The summed E-state index contributed by atoms with van der Waals surface area (Å²) >= 11 is 0. The molecule has 1 nitrogen and oxygen atoms in total. The average Bonchev–Trinajstić information content (AvgIpc) is 2.21. The van der Waals surface area contributed by atoms with E-state index in [1.54, 1.807) is 12.1 Å². The number of aliphatic hydroxyl groups excluding tert-OH is 1. The molecule has 80 valence electrons. The van der Waals surface area contributed by atoms with E-state index in [1.165, 1.54) is 12.1 Å². The van der Waals surface area contributed by atoms with Gasteiger partial charge >= 0.3 is 0 Å². The molecule has 1 aromatic carbocycles. The maximum atomic E-state index is 12.6. The summed E-state index contributed by atoms with van der Waals surface area (Å²) in [5.41, 5.74) is 2.90. The van der Waals surface area contributed by atoms with Crippen molar-refractivity contribution in [1.82, 2.24) is 0 Å². The summed E-state index contributed by atoms with van der Waals surface area (Å²) in [7, 11) is 0. The Morgan fingerprint density at radius 3 is 2.40 bits per heavy atom. The Kier molecular flexibility index (Phi) is 4.25. The minimum Gasteiger partial charge on any atom is -0.392 e. The quantitative estimate of drug-likeness (QED) is 0.753. The van der Waals surface area contributed by atoms with Crippen LogP contribution in [0.15, 0.2) is 41.5 Å². The number of rotatable bonds is 3. The van der Waals surface area contributed by atoms with Crippen LogP contribution in [0.2, 0.25) is 0 Å². The molecule has 0 aliphatic carbocycles. The smallest absolute Gasteiger partial charge is 0.123 e. The van der Waals surface area contributed by atoms with Crippen LogP contribution in [0.1, 0.15) is 19.4 Å². The van der Waals surface area contributed by atoms with Gasteiger partial charge in [0, 0.05) is 0 Å². The lowest BCUT2D eigenvalue weighted by molar-refractivity contribution is 0.331. The molecule has 0 heterocycles. The molecule has 15 heavy (non-hydrogen) atoms. The molecule has 0 aromatic heterocycles. The largest absolute Gasteiger partial charge is 0.392 e. The predicted octanol–water partition coefficient (Wildman–Crippen LogP) is 3.17. The van der Waals surface area contributed by atoms with Gasteiger partial charge in [-0.25, -0.2) is 4.39 Å². The fourth-order valence-corrected chi connectivity index (χ4v) is 1.30. The third kappa shape index (κ3) is 4.09. The first-order chi connectivity index (χ1) is 7.11. The average molecular weight is 206 g/mol. The van der Waals surface area contributed by atoms with Crippen LogP contribution in [-0.4, -0.2) is 11.7 Å². The first kappa shape index (κ1) is 11.7. The zero-order valence-corrected chi connectivity index (χ0v) is 9.00. The van der Waals surface area contributed by atoms with E-state index < -0.39 is 0 Å². The van der Waals surface area contributed by atoms with Crippen molar-refractivity contribution in [3.63, 3.8) is 0 Å². The fraction of sp³-hybridized carbons (Fsp3) is 0.231. The zero-order chi connectivity index (χ0) is 11.3. The van der Waals surface area contributed by atoms with E-state index in [9.17, 15) is 4.39 Å². The Bertz CT molecular complexity index is 374. The lowest BCUT2D eigenvalue weighted by atomic mass is 10.1. The summed E-state index contributed by atoms with van der Waals surface area (Å²) in [6, 6.07) is 6.31.